The molecule has 2 N–H and O–H groups in total. The summed E-state index contributed by atoms with van der Waals surface area (Å²) in [6, 6.07) is 18.4. The molecule has 0 unspecified atom stereocenters. The number of rotatable bonds is 9. The molecule has 0 aliphatic carbocycles. The van der Waals surface area contributed by atoms with E-state index in [1.807, 2.05) is 43.3 Å². The average molecular weight is 471 g/mol. The monoisotopic (exact) mass is 470 g/mol. The topological polar surface area (TPSA) is 106 Å². The number of oxazole rings is 1. The molecule has 0 bridgehead atoms. The van der Waals surface area contributed by atoms with E-state index in [-0.39, 0.29) is 31.4 Å². The minimum absolute atomic E-state index is 0.103. The Labute approximate surface area is 203 Å². The van der Waals surface area contributed by atoms with Crippen molar-refractivity contribution in [1.82, 2.24) is 15.3 Å². The first-order valence-electron chi connectivity index (χ1n) is 11.2. The molecule has 2 aromatic carbocycles. The Bertz CT molecular complexity index is 1300. The fourth-order valence-corrected chi connectivity index (χ4v) is 3.36. The molecule has 8 heteroatoms. The summed E-state index contributed by atoms with van der Waals surface area (Å²) in [5.74, 6) is 1.26. The number of benzene rings is 2. The zero-order valence-electron chi connectivity index (χ0n) is 19.6. The van der Waals surface area contributed by atoms with Gasteiger partial charge in [0.1, 0.15) is 17.2 Å². The van der Waals surface area contributed by atoms with Gasteiger partial charge in [0.15, 0.2) is 6.61 Å². The zero-order chi connectivity index (χ0) is 24.6. The van der Waals surface area contributed by atoms with Crippen molar-refractivity contribution in [3.63, 3.8) is 0 Å². The van der Waals surface area contributed by atoms with Gasteiger partial charge in [-0.2, -0.15) is 0 Å². The van der Waals surface area contributed by atoms with Crippen LogP contribution in [0, 0.1) is 13.8 Å². The highest BCUT2D eigenvalue weighted by Gasteiger charge is 2.14. The van der Waals surface area contributed by atoms with E-state index in [4.69, 9.17) is 9.15 Å². The molecule has 0 saturated carbocycles. The van der Waals surface area contributed by atoms with Crippen LogP contribution in [0.15, 0.2) is 77.5 Å². The lowest BCUT2D eigenvalue weighted by Crippen LogP contribution is -2.25. The van der Waals surface area contributed by atoms with Crippen molar-refractivity contribution in [1.29, 1.82) is 0 Å². The first-order chi connectivity index (χ1) is 17.0. The van der Waals surface area contributed by atoms with E-state index in [2.05, 4.69) is 20.6 Å². The Hall–Kier alpha value is -4.46. The first kappa shape index (κ1) is 23.7. The van der Waals surface area contributed by atoms with Crippen molar-refractivity contribution in [2.24, 2.45) is 0 Å². The highest BCUT2D eigenvalue weighted by molar-refractivity contribution is 5.92. The van der Waals surface area contributed by atoms with Gasteiger partial charge in [-0.3, -0.25) is 14.6 Å². The molecule has 4 rings (SSSR count). The summed E-state index contributed by atoms with van der Waals surface area (Å²) in [7, 11) is 0. The second-order valence-electron chi connectivity index (χ2n) is 8.07. The molecule has 0 aliphatic rings. The van der Waals surface area contributed by atoms with Crippen molar-refractivity contribution >= 4 is 17.5 Å². The Morgan fingerprint density at radius 1 is 1.00 bits per heavy atom. The number of nitrogens with zero attached hydrogens (tertiary/aromatic N) is 2. The third-order valence-corrected chi connectivity index (χ3v) is 5.22. The van der Waals surface area contributed by atoms with Gasteiger partial charge in [-0.1, -0.05) is 29.8 Å². The molecule has 0 saturated heterocycles. The number of ether oxygens (including phenoxy) is 1. The van der Waals surface area contributed by atoms with Crippen LogP contribution in [-0.2, 0) is 22.6 Å². The van der Waals surface area contributed by atoms with Gasteiger partial charge in [-0.05, 0) is 55.8 Å². The third kappa shape index (κ3) is 6.77. The van der Waals surface area contributed by atoms with Crippen molar-refractivity contribution in [2.75, 3.05) is 11.9 Å². The molecule has 178 valence electrons. The molecule has 35 heavy (non-hydrogen) atoms. The lowest BCUT2D eigenvalue weighted by atomic mass is 10.2. The Morgan fingerprint density at radius 3 is 2.60 bits per heavy atom. The number of aryl methyl sites for hydroxylation is 2. The zero-order valence-corrected chi connectivity index (χ0v) is 19.6. The van der Waals surface area contributed by atoms with Gasteiger partial charge >= 0.3 is 0 Å². The number of anilines is 1. The maximum absolute atomic E-state index is 12.3. The van der Waals surface area contributed by atoms with Crippen LogP contribution in [0.3, 0.4) is 0 Å². The molecule has 8 nitrogen and oxygen atoms in total. The quantitative estimate of drug-likeness (QED) is 0.379. The average Bonchev–Trinajstić information content (AvgIpc) is 3.24. The molecule has 0 fully saturated rings. The highest BCUT2D eigenvalue weighted by atomic mass is 16.5. The van der Waals surface area contributed by atoms with E-state index in [1.54, 1.807) is 43.6 Å². The van der Waals surface area contributed by atoms with E-state index >= 15 is 0 Å². The highest BCUT2D eigenvalue weighted by Crippen LogP contribution is 2.24. The number of aromatic nitrogens is 2. The summed E-state index contributed by atoms with van der Waals surface area (Å²) in [5, 5.41) is 5.68. The fraction of sp³-hybridized carbons (Fsp3) is 0.185. The molecule has 2 heterocycles. The smallest absolute Gasteiger partial charge is 0.262 e. The van der Waals surface area contributed by atoms with Gasteiger partial charge in [0.2, 0.25) is 11.8 Å². The number of nitrogens with one attached hydrogen (secondary N) is 2. The third-order valence-electron chi connectivity index (χ3n) is 5.22. The maximum atomic E-state index is 12.3. The lowest BCUT2D eigenvalue weighted by molar-refractivity contribution is -0.120. The van der Waals surface area contributed by atoms with Gasteiger partial charge in [-0.25, -0.2) is 4.98 Å². The molecule has 0 spiro atoms. The van der Waals surface area contributed by atoms with Gasteiger partial charge in [-0.15, -0.1) is 0 Å². The second kappa shape index (κ2) is 11.1. The van der Waals surface area contributed by atoms with Gasteiger partial charge in [0.25, 0.3) is 5.91 Å². The van der Waals surface area contributed by atoms with Crippen molar-refractivity contribution < 1.29 is 18.7 Å². The van der Waals surface area contributed by atoms with Gasteiger partial charge < -0.3 is 19.8 Å². The molecule has 2 amide bonds. The summed E-state index contributed by atoms with van der Waals surface area (Å²) in [6.45, 7) is 3.93. The van der Waals surface area contributed by atoms with Crippen molar-refractivity contribution in [2.45, 2.75) is 26.8 Å². The summed E-state index contributed by atoms with van der Waals surface area (Å²) < 4.78 is 11.3. The van der Waals surface area contributed by atoms with E-state index < -0.39 is 0 Å². The molecule has 4 aromatic rings. The Balaban J connectivity index is 1.33. The number of carbonyl (C=O) groups is 2. The largest absolute Gasteiger partial charge is 0.484 e. The van der Waals surface area contributed by atoms with Crippen LogP contribution in [-0.4, -0.2) is 28.4 Å². The number of hydrogen-bond donors (Lipinski definition) is 2. The number of carbonyl (C=O) groups excluding carboxylic acids is 2. The maximum Gasteiger partial charge on any atom is 0.262 e. The predicted molar refractivity (Wildman–Crippen MR) is 132 cm³/mol. The van der Waals surface area contributed by atoms with Crippen LogP contribution in [0.25, 0.3) is 11.5 Å². The summed E-state index contributed by atoms with van der Waals surface area (Å²) in [6.07, 6.45) is 3.58. The summed E-state index contributed by atoms with van der Waals surface area (Å²) >= 11 is 0. The lowest BCUT2D eigenvalue weighted by Gasteiger charge is -2.08. The first-order valence-corrected chi connectivity index (χ1v) is 11.2. The van der Waals surface area contributed by atoms with Crippen LogP contribution in [0.4, 0.5) is 5.69 Å². The molecular formula is C27H26N4O4. The van der Waals surface area contributed by atoms with Gasteiger partial charge in [0, 0.05) is 23.6 Å². The minimum Gasteiger partial charge on any atom is -0.484 e. The predicted octanol–water partition coefficient (Wildman–Crippen LogP) is 4.23. The van der Waals surface area contributed by atoms with E-state index in [1.165, 1.54) is 0 Å². The molecule has 0 atom stereocenters. The van der Waals surface area contributed by atoms with Crippen LogP contribution >= 0.6 is 0 Å². The molecular weight excluding hydrogens is 444 g/mol. The van der Waals surface area contributed by atoms with Crippen LogP contribution < -0.4 is 15.4 Å². The normalized spacial score (nSPS) is 10.6. The standard InChI is InChI=1S/C27H26N4O4/c1-18-8-10-23(11-9-18)34-17-26(33)30-22-7-3-6-21(14-22)27-31-24(19(2)35-27)16-29-25(32)13-20-5-4-12-28-15-20/h3-12,14-15H,13,16-17H2,1-2H3,(H,29,32)(H,30,33). The van der Waals surface area contributed by atoms with Crippen molar-refractivity contribution in [3.8, 4) is 17.2 Å². The van der Waals surface area contributed by atoms with Gasteiger partial charge in [0.05, 0.1) is 13.0 Å². The molecule has 0 radical (unpaired) electrons. The van der Waals surface area contributed by atoms with Crippen LogP contribution in [0.1, 0.15) is 22.6 Å². The van der Waals surface area contributed by atoms with E-state index in [9.17, 15) is 9.59 Å². The number of pyridine rings is 1. The van der Waals surface area contributed by atoms with Crippen LogP contribution in [0.5, 0.6) is 5.75 Å². The Kier molecular flexibility index (Phi) is 7.52. The fourth-order valence-electron chi connectivity index (χ4n) is 3.36. The SMILES string of the molecule is Cc1ccc(OCC(=O)Nc2cccc(-c3nc(CNC(=O)Cc4cccnc4)c(C)o3)c2)cc1. The molecule has 2 aromatic heterocycles. The Morgan fingerprint density at radius 2 is 1.83 bits per heavy atom. The van der Waals surface area contributed by atoms with E-state index in [0.717, 1.165) is 11.1 Å². The van der Waals surface area contributed by atoms with Crippen molar-refractivity contribution in [3.05, 3.63) is 95.6 Å². The summed E-state index contributed by atoms with van der Waals surface area (Å²) in [5.41, 5.74) is 3.90. The van der Waals surface area contributed by atoms with Crippen LogP contribution in [0.2, 0.25) is 0 Å². The minimum atomic E-state index is -0.275. The summed E-state index contributed by atoms with van der Waals surface area (Å²) in [4.78, 5) is 33.1. The number of amides is 2. The second-order valence-corrected chi connectivity index (χ2v) is 8.07. The number of hydrogen-bond acceptors (Lipinski definition) is 6. The molecule has 0 aliphatic heterocycles. The van der Waals surface area contributed by atoms with E-state index in [0.29, 0.717) is 34.3 Å².